The molecule has 1 aromatic rings. The number of hydrogen-bond acceptors (Lipinski definition) is 4. The van der Waals surface area contributed by atoms with Gasteiger partial charge in [-0.1, -0.05) is 0 Å². The molecule has 0 bridgehead atoms. The fourth-order valence-electron chi connectivity index (χ4n) is 1.40. The second-order valence-corrected chi connectivity index (χ2v) is 3.81. The Kier molecular flexibility index (Phi) is 4.98. The summed E-state index contributed by atoms with van der Waals surface area (Å²) in [6.07, 6.45) is 1.08. The number of unbranched alkanes of at least 4 members (excludes halogenated alkanes) is 1. The Morgan fingerprint density at radius 1 is 1.17 bits per heavy atom. The Hall–Kier alpha value is -2.24. The van der Waals surface area contributed by atoms with Gasteiger partial charge in [-0.3, -0.25) is 9.59 Å². The van der Waals surface area contributed by atoms with E-state index in [4.69, 9.17) is 5.11 Å². The SMILES string of the molecule is O=C(O)CCCCNC(=O)c1cc(O)ccc1O. The molecule has 1 rings (SSSR count). The second kappa shape index (κ2) is 6.48. The van der Waals surface area contributed by atoms with E-state index in [-0.39, 0.29) is 23.5 Å². The zero-order valence-corrected chi connectivity index (χ0v) is 9.72. The van der Waals surface area contributed by atoms with Gasteiger partial charge in [0.1, 0.15) is 11.5 Å². The topological polar surface area (TPSA) is 107 Å². The molecule has 1 amide bonds. The second-order valence-electron chi connectivity index (χ2n) is 3.81. The van der Waals surface area contributed by atoms with Gasteiger partial charge in [0, 0.05) is 13.0 Å². The van der Waals surface area contributed by atoms with Crippen LogP contribution >= 0.6 is 0 Å². The average molecular weight is 253 g/mol. The third-order valence-corrected chi connectivity index (χ3v) is 2.33. The maximum Gasteiger partial charge on any atom is 0.303 e. The van der Waals surface area contributed by atoms with Gasteiger partial charge < -0.3 is 20.6 Å². The first-order valence-corrected chi connectivity index (χ1v) is 5.52. The number of rotatable bonds is 6. The Labute approximate surface area is 104 Å². The van der Waals surface area contributed by atoms with Gasteiger partial charge in [0.15, 0.2) is 0 Å². The Morgan fingerprint density at radius 3 is 2.56 bits per heavy atom. The number of hydrogen-bond donors (Lipinski definition) is 4. The molecule has 98 valence electrons. The van der Waals surface area contributed by atoms with Crippen LogP contribution in [0.5, 0.6) is 11.5 Å². The largest absolute Gasteiger partial charge is 0.508 e. The highest BCUT2D eigenvalue weighted by molar-refractivity contribution is 5.97. The van der Waals surface area contributed by atoms with Crippen LogP contribution in [0.4, 0.5) is 0 Å². The van der Waals surface area contributed by atoms with Crippen molar-refractivity contribution in [3.8, 4) is 11.5 Å². The highest BCUT2D eigenvalue weighted by Gasteiger charge is 2.11. The summed E-state index contributed by atoms with van der Waals surface area (Å²) < 4.78 is 0. The van der Waals surface area contributed by atoms with E-state index in [1.54, 1.807) is 0 Å². The number of carbonyl (C=O) groups is 2. The van der Waals surface area contributed by atoms with Crippen LogP contribution < -0.4 is 5.32 Å². The van der Waals surface area contributed by atoms with Crippen LogP contribution in [0.25, 0.3) is 0 Å². The minimum atomic E-state index is -0.869. The number of benzene rings is 1. The standard InChI is InChI=1S/C12H15NO5/c14-8-4-5-10(15)9(7-8)12(18)13-6-2-1-3-11(16)17/h4-5,7,14-15H,1-3,6H2,(H,13,18)(H,16,17). The molecular weight excluding hydrogens is 238 g/mol. The lowest BCUT2D eigenvalue weighted by atomic mass is 10.1. The smallest absolute Gasteiger partial charge is 0.303 e. The summed E-state index contributed by atoms with van der Waals surface area (Å²) in [5.41, 5.74) is -0.00626. The van der Waals surface area contributed by atoms with Gasteiger partial charge in [-0.05, 0) is 31.0 Å². The molecule has 0 saturated carbocycles. The van der Waals surface area contributed by atoms with Crippen LogP contribution in [-0.4, -0.2) is 33.7 Å². The maximum absolute atomic E-state index is 11.6. The number of phenols is 2. The summed E-state index contributed by atoms with van der Waals surface area (Å²) in [7, 11) is 0. The minimum Gasteiger partial charge on any atom is -0.508 e. The molecule has 0 aromatic heterocycles. The van der Waals surface area contributed by atoms with Crippen molar-refractivity contribution in [3.63, 3.8) is 0 Å². The molecule has 0 aliphatic rings. The monoisotopic (exact) mass is 253 g/mol. The third-order valence-electron chi connectivity index (χ3n) is 2.33. The fourth-order valence-corrected chi connectivity index (χ4v) is 1.40. The zero-order chi connectivity index (χ0) is 13.5. The molecule has 0 aliphatic heterocycles. The molecule has 18 heavy (non-hydrogen) atoms. The quantitative estimate of drug-likeness (QED) is 0.448. The maximum atomic E-state index is 11.6. The van der Waals surface area contributed by atoms with Gasteiger partial charge in [-0.15, -0.1) is 0 Å². The molecule has 6 nitrogen and oxygen atoms in total. The highest BCUT2D eigenvalue weighted by Crippen LogP contribution is 2.21. The number of nitrogens with one attached hydrogen (secondary N) is 1. The lowest BCUT2D eigenvalue weighted by Crippen LogP contribution is -2.24. The molecule has 0 unspecified atom stereocenters. The van der Waals surface area contributed by atoms with Crippen molar-refractivity contribution >= 4 is 11.9 Å². The van der Waals surface area contributed by atoms with Crippen LogP contribution in [0.1, 0.15) is 29.6 Å². The molecule has 0 saturated heterocycles. The van der Waals surface area contributed by atoms with Crippen molar-refractivity contribution in [2.24, 2.45) is 0 Å². The molecule has 0 radical (unpaired) electrons. The van der Waals surface area contributed by atoms with Crippen LogP contribution in [0.15, 0.2) is 18.2 Å². The number of aromatic hydroxyl groups is 2. The van der Waals surface area contributed by atoms with Crippen LogP contribution in [0.3, 0.4) is 0 Å². The molecule has 0 spiro atoms. The van der Waals surface area contributed by atoms with Crippen molar-refractivity contribution in [3.05, 3.63) is 23.8 Å². The van der Waals surface area contributed by atoms with E-state index < -0.39 is 11.9 Å². The average Bonchev–Trinajstić information content (AvgIpc) is 2.31. The van der Waals surface area contributed by atoms with E-state index in [1.807, 2.05) is 0 Å². The van der Waals surface area contributed by atoms with Crippen LogP contribution in [0, 0.1) is 0 Å². The predicted octanol–water partition coefficient (Wildman–Crippen LogP) is 1.08. The molecular formula is C12H15NO5. The fraction of sp³-hybridized carbons (Fsp3) is 0.333. The van der Waals surface area contributed by atoms with Crippen molar-refractivity contribution in [2.45, 2.75) is 19.3 Å². The van der Waals surface area contributed by atoms with Crippen LogP contribution in [0.2, 0.25) is 0 Å². The lowest BCUT2D eigenvalue weighted by Gasteiger charge is -2.06. The number of carboxylic acids is 1. The number of carboxylic acid groups (broad SMARTS) is 1. The Bertz CT molecular complexity index is 444. The third kappa shape index (κ3) is 4.32. The number of aliphatic carboxylic acids is 1. The summed E-state index contributed by atoms with van der Waals surface area (Å²) in [5, 5.41) is 29.6. The summed E-state index contributed by atoms with van der Waals surface area (Å²) in [4.78, 5) is 21.9. The number of amides is 1. The predicted molar refractivity (Wildman–Crippen MR) is 63.6 cm³/mol. The van der Waals surface area contributed by atoms with Crippen LogP contribution in [-0.2, 0) is 4.79 Å². The van der Waals surface area contributed by atoms with Crippen molar-refractivity contribution in [2.75, 3.05) is 6.54 Å². The summed E-state index contributed by atoms with van der Waals surface area (Å²) in [6, 6.07) is 3.68. The van der Waals surface area contributed by atoms with E-state index in [2.05, 4.69) is 5.32 Å². The molecule has 4 N–H and O–H groups in total. The zero-order valence-electron chi connectivity index (χ0n) is 9.72. The van der Waals surface area contributed by atoms with Gasteiger partial charge >= 0.3 is 5.97 Å². The number of phenolic OH excluding ortho intramolecular Hbond substituents is 2. The van der Waals surface area contributed by atoms with Gasteiger partial charge in [0.25, 0.3) is 5.91 Å². The normalized spacial score (nSPS) is 10.0. The first-order valence-electron chi connectivity index (χ1n) is 5.52. The first-order chi connectivity index (χ1) is 8.50. The van der Waals surface area contributed by atoms with E-state index in [9.17, 15) is 19.8 Å². The molecule has 0 atom stereocenters. The van der Waals surface area contributed by atoms with E-state index in [1.165, 1.54) is 18.2 Å². The van der Waals surface area contributed by atoms with Gasteiger partial charge in [0.05, 0.1) is 5.56 Å². The van der Waals surface area contributed by atoms with Crippen molar-refractivity contribution in [1.29, 1.82) is 0 Å². The van der Waals surface area contributed by atoms with Crippen molar-refractivity contribution in [1.82, 2.24) is 5.32 Å². The molecule has 0 fully saturated rings. The molecule has 0 heterocycles. The van der Waals surface area contributed by atoms with E-state index >= 15 is 0 Å². The summed E-state index contributed by atoms with van der Waals surface area (Å²) >= 11 is 0. The van der Waals surface area contributed by atoms with E-state index in [0.29, 0.717) is 19.4 Å². The van der Waals surface area contributed by atoms with Gasteiger partial charge in [-0.2, -0.15) is 0 Å². The molecule has 1 aromatic carbocycles. The molecule has 6 heteroatoms. The lowest BCUT2D eigenvalue weighted by molar-refractivity contribution is -0.137. The highest BCUT2D eigenvalue weighted by atomic mass is 16.4. The minimum absolute atomic E-state index is 0.00626. The first kappa shape index (κ1) is 13.8. The summed E-state index contributed by atoms with van der Waals surface area (Å²) in [6.45, 7) is 0.321. The van der Waals surface area contributed by atoms with E-state index in [0.717, 1.165) is 0 Å². The molecule has 0 aliphatic carbocycles. The number of carbonyl (C=O) groups excluding carboxylic acids is 1. The Balaban J connectivity index is 2.41. The van der Waals surface area contributed by atoms with Gasteiger partial charge in [-0.25, -0.2) is 0 Å². The summed E-state index contributed by atoms with van der Waals surface area (Å²) in [5.74, 6) is -1.69. The van der Waals surface area contributed by atoms with Gasteiger partial charge in [0.2, 0.25) is 0 Å². The Morgan fingerprint density at radius 2 is 1.89 bits per heavy atom. The van der Waals surface area contributed by atoms with Crippen molar-refractivity contribution < 1.29 is 24.9 Å².